The maximum absolute atomic E-state index is 12.5. The summed E-state index contributed by atoms with van der Waals surface area (Å²) in [4.78, 5) is 14.5. The van der Waals surface area contributed by atoms with Crippen LogP contribution in [0, 0.1) is 6.92 Å². The summed E-state index contributed by atoms with van der Waals surface area (Å²) in [5, 5.41) is -0.715. The third kappa shape index (κ3) is 2.50. The SMILES string of the molecule is COC(=O)c1ccc(S(=O)(=O)F)nc1C. The predicted molar refractivity (Wildman–Crippen MR) is 48.6 cm³/mol. The average molecular weight is 233 g/mol. The summed E-state index contributed by atoms with van der Waals surface area (Å²) in [6, 6.07) is 2.06. The Labute approximate surface area is 86.1 Å². The van der Waals surface area contributed by atoms with Crippen molar-refractivity contribution in [2.24, 2.45) is 0 Å². The van der Waals surface area contributed by atoms with Crippen molar-refractivity contribution in [1.82, 2.24) is 4.98 Å². The van der Waals surface area contributed by atoms with Gasteiger partial charge in [-0.3, -0.25) is 0 Å². The molecule has 1 aromatic rings. The number of aryl methyl sites for hydroxylation is 1. The molecule has 0 unspecified atom stereocenters. The van der Waals surface area contributed by atoms with Gasteiger partial charge in [0.2, 0.25) is 0 Å². The van der Waals surface area contributed by atoms with Crippen molar-refractivity contribution in [2.75, 3.05) is 7.11 Å². The smallest absolute Gasteiger partial charge is 0.349 e. The molecule has 0 radical (unpaired) electrons. The van der Waals surface area contributed by atoms with Gasteiger partial charge in [-0.05, 0) is 19.1 Å². The number of ether oxygens (including phenoxy) is 1. The summed E-state index contributed by atoms with van der Waals surface area (Å²) in [6.07, 6.45) is 0. The molecule has 0 aromatic carbocycles. The highest BCUT2D eigenvalue weighted by Crippen LogP contribution is 2.13. The van der Waals surface area contributed by atoms with Crippen molar-refractivity contribution in [3.8, 4) is 0 Å². The molecule has 1 aromatic heterocycles. The molecule has 82 valence electrons. The van der Waals surface area contributed by atoms with E-state index in [0.717, 1.165) is 12.1 Å². The number of aromatic nitrogens is 1. The Hall–Kier alpha value is -1.50. The zero-order valence-electron chi connectivity index (χ0n) is 8.02. The molecule has 0 saturated carbocycles. The van der Waals surface area contributed by atoms with E-state index in [-0.39, 0.29) is 11.3 Å². The molecule has 0 aliphatic rings. The maximum Gasteiger partial charge on any atom is 0.349 e. The standard InChI is InChI=1S/C8H8FNO4S/c1-5-6(8(11)14-2)3-4-7(10-5)15(9,12)13/h3-4H,1-2H3. The Balaban J connectivity index is 3.27. The highest BCUT2D eigenvalue weighted by atomic mass is 32.3. The van der Waals surface area contributed by atoms with Crippen molar-refractivity contribution in [1.29, 1.82) is 0 Å². The number of rotatable bonds is 2. The number of halogens is 1. The lowest BCUT2D eigenvalue weighted by Gasteiger charge is -2.03. The van der Waals surface area contributed by atoms with Crippen LogP contribution < -0.4 is 0 Å². The molecular formula is C8H8FNO4S. The molecular weight excluding hydrogens is 225 g/mol. The monoisotopic (exact) mass is 233 g/mol. The molecule has 0 fully saturated rings. The zero-order chi connectivity index (χ0) is 11.6. The average Bonchev–Trinajstić information content (AvgIpc) is 2.15. The summed E-state index contributed by atoms with van der Waals surface area (Å²) in [5.41, 5.74) is 0.200. The van der Waals surface area contributed by atoms with Crippen LogP contribution in [0.5, 0.6) is 0 Å². The zero-order valence-corrected chi connectivity index (χ0v) is 8.84. The summed E-state index contributed by atoms with van der Waals surface area (Å²) < 4.78 is 37.9. The minimum Gasteiger partial charge on any atom is -0.465 e. The molecule has 7 heteroatoms. The third-order valence-electron chi connectivity index (χ3n) is 1.72. The van der Waals surface area contributed by atoms with Gasteiger partial charge in [0.1, 0.15) is 0 Å². The van der Waals surface area contributed by atoms with E-state index in [9.17, 15) is 17.1 Å². The van der Waals surface area contributed by atoms with E-state index in [0.29, 0.717) is 0 Å². The van der Waals surface area contributed by atoms with Gasteiger partial charge in [-0.15, -0.1) is 0 Å². The van der Waals surface area contributed by atoms with Crippen LogP contribution >= 0.6 is 0 Å². The van der Waals surface area contributed by atoms with Crippen LogP contribution in [0.2, 0.25) is 0 Å². The molecule has 0 N–H and O–H groups in total. The Morgan fingerprint density at radius 3 is 2.47 bits per heavy atom. The molecule has 15 heavy (non-hydrogen) atoms. The van der Waals surface area contributed by atoms with Crippen LogP contribution in [0.25, 0.3) is 0 Å². The van der Waals surface area contributed by atoms with E-state index in [1.165, 1.54) is 14.0 Å². The van der Waals surface area contributed by atoms with Crippen LogP contribution in [0.15, 0.2) is 17.2 Å². The van der Waals surface area contributed by atoms with Gasteiger partial charge in [0.15, 0.2) is 5.03 Å². The number of pyridine rings is 1. The molecule has 0 amide bonds. The summed E-state index contributed by atoms with van der Waals surface area (Å²) in [5.74, 6) is -0.650. The van der Waals surface area contributed by atoms with Crippen molar-refractivity contribution in [2.45, 2.75) is 11.9 Å². The fourth-order valence-electron chi connectivity index (χ4n) is 1.000. The first kappa shape index (κ1) is 11.6. The van der Waals surface area contributed by atoms with Crippen molar-refractivity contribution >= 4 is 16.2 Å². The molecule has 5 nitrogen and oxygen atoms in total. The van der Waals surface area contributed by atoms with Gasteiger partial charge in [-0.2, -0.15) is 8.42 Å². The van der Waals surface area contributed by atoms with Gasteiger partial charge in [0.25, 0.3) is 0 Å². The topological polar surface area (TPSA) is 73.3 Å². The maximum atomic E-state index is 12.5. The number of esters is 1. The number of nitrogens with zero attached hydrogens (tertiary/aromatic N) is 1. The van der Waals surface area contributed by atoms with Crippen molar-refractivity contribution in [3.63, 3.8) is 0 Å². The molecule has 0 saturated heterocycles. The number of carbonyl (C=O) groups is 1. The number of hydrogen-bond acceptors (Lipinski definition) is 5. The van der Waals surface area contributed by atoms with Gasteiger partial charge in [-0.25, -0.2) is 9.78 Å². The summed E-state index contributed by atoms with van der Waals surface area (Å²) in [7, 11) is -3.66. The van der Waals surface area contributed by atoms with Crippen molar-refractivity contribution in [3.05, 3.63) is 23.4 Å². The first-order valence-corrected chi connectivity index (χ1v) is 5.25. The number of methoxy groups -OCH3 is 1. The first-order chi connectivity index (χ1) is 6.86. The van der Waals surface area contributed by atoms with Crippen LogP contribution in [0.1, 0.15) is 16.1 Å². The highest BCUT2D eigenvalue weighted by Gasteiger charge is 2.17. The lowest BCUT2D eigenvalue weighted by atomic mass is 10.2. The molecule has 0 atom stereocenters. The first-order valence-electron chi connectivity index (χ1n) is 3.87. The fraction of sp³-hybridized carbons (Fsp3) is 0.250. The highest BCUT2D eigenvalue weighted by molar-refractivity contribution is 7.86. The quantitative estimate of drug-likeness (QED) is 0.559. The molecule has 0 bridgehead atoms. The van der Waals surface area contributed by atoms with Gasteiger partial charge >= 0.3 is 16.2 Å². The van der Waals surface area contributed by atoms with E-state index >= 15 is 0 Å². The van der Waals surface area contributed by atoms with Gasteiger partial charge in [-0.1, -0.05) is 3.89 Å². The lowest BCUT2D eigenvalue weighted by Crippen LogP contribution is -2.07. The minimum absolute atomic E-state index is 0.0978. The van der Waals surface area contributed by atoms with E-state index in [1.54, 1.807) is 0 Å². The second kappa shape index (κ2) is 3.93. The van der Waals surface area contributed by atoms with Crippen LogP contribution in [0.3, 0.4) is 0 Å². The normalized spacial score (nSPS) is 11.1. The molecule has 1 rings (SSSR count). The summed E-state index contributed by atoms with van der Waals surface area (Å²) >= 11 is 0. The second-order valence-electron chi connectivity index (χ2n) is 2.71. The van der Waals surface area contributed by atoms with Gasteiger partial charge < -0.3 is 4.74 Å². The molecule has 0 aliphatic heterocycles. The van der Waals surface area contributed by atoms with E-state index in [1.807, 2.05) is 0 Å². The minimum atomic E-state index is -4.84. The summed E-state index contributed by atoms with van der Waals surface area (Å²) in [6.45, 7) is 1.39. The third-order valence-corrected chi connectivity index (χ3v) is 2.44. The Morgan fingerprint density at radius 2 is 2.07 bits per heavy atom. The largest absolute Gasteiger partial charge is 0.465 e. The van der Waals surface area contributed by atoms with Crippen LogP contribution in [-0.2, 0) is 15.0 Å². The Kier molecular flexibility index (Phi) is 3.04. The molecule has 0 spiro atoms. The van der Waals surface area contributed by atoms with Crippen LogP contribution in [0.4, 0.5) is 3.89 Å². The Morgan fingerprint density at radius 1 is 1.47 bits per heavy atom. The Bertz CT molecular complexity index is 497. The lowest BCUT2D eigenvalue weighted by molar-refractivity contribution is 0.0599. The van der Waals surface area contributed by atoms with E-state index in [4.69, 9.17) is 0 Å². The number of carbonyl (C=O) groups excluding carboxylic acids is 1. The van der Waals surface area contributed by atoms with Crippen molar-refractivity contribution < 1.29 is 21.8 Å². The molecule has 0 aliphatic carbocycles. The molecule has 1 heterocycles. The van der Waals surface area contributed by atoms with E-state index in [2.05, 4.69) is 9.72 Å². The van der Waals surface area contributed by atoms with Gasteiger partial charge in [0.05, 0.1) is 18.4 Å². The predicted octanol–water partition coefficient (Wildman–Crippen LogP) is 0.835. The number of hydrogen-bond donors (Lipinski definition) is 0. The second-order valence-corrected chi connectivity index (χ2v) is 4.01. The fourth-order valence-corrected chi connectivity index (χ4v) is 1.48. The van der Waals surface area contributed by atoms with Crippen LogP contribution in [-0.4, -0.2) is 26.5 Å². The van der Waals surface area contributed by atoms with Gasteiger partial charge in [0, 0.05) is 0 Å². The van der Waals surface area contributed by atoms with E-state index < -0.39 is 21.2 Å².